The van der Waals surface area contributed by atoms with E-state index in [2.05, 4.69) is 5.32 Å². The lowest BCUT2D eigenvalue weighted by Gasteiger charge is -2.26. The molecule has 0 unspecified atom stereocenters. The Morgan fingerprint density at radius 2 is 1.80 bits per heavy atom. The van der Waals surface area contributed by atoms with Gasteiger partial charge in [0.15, 0.2) is 0 Å². The van der Waals surface area contributed by atoms with Crippen molar-refractivity contribution in [2.24, 2.45) is 5.73 Å². The molecule has 2 rings (SSSR count). The van der Waals surface area contributed by atoms with Crippen LogP contribution in [0.2, 0.25) is 0 Å². The minimum Gasteiger partial charge on any atom is -0.349 e. The fourth-order valence-corrected chi connectivity index (χ4v) is 2.82. The van der Waals surface area contributed by atoms with Gasteiger partial charge in [0.25, 0.3) is 11.7 Å². The molecule has 0 saturated heterocycles. The normalized spacial score (nSPS) is 22.8. The summed E-state index contributed by atoms with van der Waals surface area (Å²) in [6, 6.07) is 6.65. The molecule has 0 radical (unpaired) electrons. The molecule has 1 saturated carbocycles. The highest BCUT2D eigenvalue weighted by molar-refractivity contribution is 7.99. The Hall–Kier alpha value is -1.14. The molecular formula is C14H18F2N2OS. The number of benzene rings is 1. The summed E-state index contributed by atoms with van der Waals surface area (Å²) < 4.78 is 24.4. The van der Waals surface area contributed by atoms with E-state index in [0.29, 0.717) is 22.2 Å². The van der Waals surface area contributed by atoms with Crippen LogP contribution in [0.4, 0.5) is 8.78 Å². The van der Waals surface area contributed by atoms with E-state index in [1.165, 1.54) is 0 Å². The van der Waals surface area contributed by atoms with E-state index in [9.17, 15) is 13.6 Å². The maximum Gasteiger partial charge on any atom is 0.288 e. The zero-order valence-corrected chi connectivity index (χ0v) is 11.8. The predicted molar refractivity (Wildman–Crippen MR) is 76.0 cm³/mol. The first-order valence-corrected chi connectivity index (χ1v) is 7.54. The lowest BCUT2D eigenvalue weighted by Crippen LogP contribution is -2.40. The van der Waals surface area contributed by atoms with Gasteiger partial charge >= 0.3 is 0 Å². The van der Waals surface area contributed by atoms with Crippen LogP contribution in [0.5, 0.6) is 0 Å². The Bertz CT molecular complexity index is 445. The number of rotatable bonds is 4. The van der Waals surface area contributed by atoms with Crippen LogP contribution in [-0.2, 0) is 0 Å². The third-order valence-electron chi connectivity index (χ3n) is 3.45. The van der Waals surface area contributed by atoms with Crippen LogP contribution < -0.4 is 11.1 Å². The van der Waals surface area contributed by atoms with Crippen LogP contribution >= 0.6 is 11.8 Å². The maximum absolute atomic E-state index is 12.2. The Kier molecular flexibility index (Phi) is 5.37. The molecule has 0 aliphatic heterocycles. The Morgan fingerprint density at radius 1 is 1.20 bits per heavy atom. The van der Waals surface area contributed by atoms with Crippen LogP contribution in [0.1, 0.15) is 36.0 Å². The molecule has 6 heteroatoms. The van der Waals surface area contributed by atoms with Gasteiger partial charge in [-0.1, -0.05) is 11.8 Å². The fraction of sp³-hybridized carbons (Fsp3) is 0.500. The number of thioether (sulfide) groups is 1. The number of hydrogen-bond acceptors (Lipinski definition) is 3. The minimum absolute atomic E-state index is 0.154. The van der Waals surface area contributed by atoms with E-state index in [0.717, 1.165) is 25.7 Å². The number of amides is 1. The average Bonchev–Trinajstić information content (AvgIpc) is 2.41. The van der Waals surface area contributed by atoms with Crippen molar-refractivity contribution in [3.63, 3.8) is 0 Å². The molecule has 1 aliphatic carbocycles. The third kappa shape index (κ3) is 4.45. The molecule has 3 N–H and O–H groups in total. The first-order valence-electron chi connectivity index (χ1n) is 6.66. The standard InChI is InChI=1S/C14H18F2N2OS/c15-14(16)20-12-7-1-9(2-8-12)13(19)18-11-5-3-10(17)4-6-11/h1-2,7-8,10-11,14H,3-6,17H2,(H,18,19). The van der Waals surface area contributed by atoms with Crippen LogP contribution in [-0.4, -0.2) is 23.7 Å². The van der Waals surface area contributed by atoms with Crippen LogP contribution in [0.3, 0.4) is 0 Å². The number of hydrogen-bond donors (Lipinski definition) is 2. The number of carbonyl (C=O) groups is 1. The van der Waals surface area contributed by atoms with Crippen LogP contribution in [0, 0.1) is 0 Å². The van der Waals surface area contributed by atoms with Gasteiger partial charge in [-0.25, -0.2) is 0 Å². The first-order chi connectivity index (χ1) is 9.54. The molecule has 1 aromatic rings. The van der Waals surface area contributed by atoms with Gasteiger partial charge in [-0.3, -0.25) is 4.79 Å². The molecule has 0 spiro atoms. The number of nitrogens with two attached hydrogens (primary N) is 1. The molecule has 110 valence electrons. The highest BCUT2D eigenvalue weighted by Gasteiger charge is 2.20. The van der Waals surface area contributed by atoms with E-state index >= 15 is 0 Å². The second-order valence-corrected chi connectivity index (χ2v) is 6.05. The van der Waals surface area contributed by atoms with Crippen molar-refractivity contribution in [2.45, 2.75) is 48.4 Å². The first kappa shape index (κ1) is 15.3. The summed E-state index contributed by atoms with van der Waals surface area (Å²) in [5, 5.41) is 2.97. The van der Waals surface area contributed by atoms with Gasteiger partial charge in [0.05, 0.1) is 0 Å². The molecule has 0 atom stereocenters. The summed E-state index contributed by atoms with van der Waals surface area (Å²) in [5.41, 5.74) is 6.32. The van der Waals surface area contributed by atoms with Gasteiger partial charge in [0.2, 0.25) is 0 Å². The Labute approximate surface area is 121 Å². The third-order valence-corrected chi connectivity index (χ3v) is 4.17. The lowest BCUT2D eigenvalue weighted by atomic mass is 9.91. The molecule has 20 heavy (non-hydrogen) atoms. The summed E-state index contributed by atoms with van der Waals surface area (Å²) in [7, 11) is 0. The summed E-state index contributed by atoms with van der Waals surface area (Å²) in [4.78, 5) is 12.5. The largest absolute Gasteiger partial charge is 0.349 e. The molecule has 0 heterocycles. The number of nitrogens with one attached hydrogen (secondary N) is 1. The number of carbonyl (C=O) groups excluding carboxylic acids is 1. The van der Waals surface area contributed by atoms with Crippen molar-refractivity contribution in [3.8, 4) is 0 Å². The summed E-state index contributed by atoms with van der Waals surface area (Å²) in [5.74, 6) is -2.60. The van der Waals surface area contributed by atoms with Crippen molar-refractivity contribution < 1.29 is 13.6 Å². The molecule has 0 bridgehead atoms. The zero-order chi connectivity index (χ0) is 14.5. The van der Waals surface area contributed by atoms with Gasteiger partial charge < -0.3 is 11.1 Å². The summed E-state index contributed by atoms with van der Waals surface area (Å²) >= 11 is 0.476. The van der Waals surface area contributed by atoms with Crippen molar-refractivity contribution in [1.29, 1.82) is 0 Å². The monoisotopic (exact) mass is 300 g/mol. The topological polar surface area (TPSA) is 55.1 Å². The fourth-order valence-electron chi connectivity index (χ4n) is 2.32. The van der Waals surface area contributed by atoms with E-state index in [1.807, 2.05) is 0 Å². The second kappa shape index (κ2) is 7.04. The molecule has 1 aromatic carbocycles. The quantitative estimate of drug-likeness (QED) is 0.841. The molecule has 1 amide bonds. The lowest BCUT2D eigenvalue weighted by molar-refractivity contribution is 0.0926. The summed E-state index contributed by atoms with van der Waals surface area (Å²) in [6.07, 6.45) is 3.64. The van der Waals surface area contributed by atoms with E-state index in [1.54, 1.807) is 24.3 Å². The highest BCUT2D eigenvalue weighted by atomic mass is 32.2. The molecule has 0 aromatic heterocycles. The van der Waals surface area contributed by atoms with Crippen molar-refractivity contribution >= 4 is 17.7 Å². The highest BCUT2D eigenvalue weighted by Crippen LogP contribution is 2.25. The molecule has 1 aliphatic rings. The Morgan fingerprint density at radius 3 is 2.35 bits per heavy atom. The van der Waals surface area contributed by atoms with Gasteiger partial charge in [-0.2, -0.15) is 8.78 Å². The van der Waals surface area contributed by atoms with E-state index < -0.39 is 5.76 Å². The Balaban J connectivity index is 1.89. The molecular weight excluding hydrogens is 282 g/mol. The number of halogens is 2. The number of alkyl halides is 2. The van der Waals surface area contributed by atoms with Crippen molar-refractivity contribution in [3.05, 3.63) is 29.8 Å². The summed E-state index contributed by atoms with van der Waals surface area (Å²) in [6.45, 7) is 0. The van der Waals surface area contributed by atoms with Gasteiger partial charge in [0, 0.05) is 22.5 Å². The van der Waals surface area contributed by atoms with Crippen LogP contribution in [0.15, 0.2) is 29.2 Å². The van der Waals surface area contributed by atoms with E-state index in [4.69, 9.17) is 5.73 Å². The van der Waals surface area contributed by atoms with Gasteiger partial charge in [-0.05, 0) is 49.9 Å². The smallest absolute Gasteiger partial charge is 0.288 e. The van der Waals surface area contributed by atoms with Gasteiger partial charge in [0.1, 0.15) is 0 Å². The average molecular weight is 300 g/mol. The predicted octanol–water partition coefficient (Wildman–Crippen LogP) is 3.00. The van der Waals surface area contributed by atoms with Gasteiger partial charge in [-0.15, -0.1) is 0 Å². The van der Waals surface area contributed by atoms with Crippen molar-refractivity contribution in [2.75, 3.05) is 0 Å². The zero-order valence-electron chi connectivity index (χ0n) is 11.0. The van der Waals surface area contributed by atoms with Crippen molar-refractivity contribution in [1.82, 2.24) is 5.32 Å². The SMILES string of the molecule is NC1CCC(NC(=O)c2ccc(SC(F)F)cc2)CC1. The minimum atomic E-state index is -2.44. The van der Waals surface area contributed by atoms with E-state index in [-0.39, 0.29) is 18.0 Å². The molecule has 3 nitrogen and oxygen atoms in total. The molecule has 1 fully saturated rings. The maximum atomic E-state index is 12.2. The second-order valence-electron chi connectivity index (χ2n) is 4.99. The van der Waals surface area contributed by atoms with Crippen LogP contribution in [0.25, 0.3) is 0 Å².